The maximum Gasteiger partial charge on any atom is 0.416 e. The van der Waals surface area contributed by atoms with Crippen LogP contribution in [0.25, 0.3) is 6.08 Å². The van der Waals surface area contributed by atoms with Crippen molar-refractivity contribution in [1.82, 2.24) is 0 Å². The molecule has 2 aromatic carbocycles. The minimum Gasteiger partial charge on any atom is -0.302 e. The molecule has 1 nitrogen and oxygen atoms in total. The number of alkyl halides is 3. The molecule has 0 aromatic heterocycles. The summed E-state index contributed by atoms with van der Waals surface area (Å²) in [4.78, 5) is 11.5. The summed E-state index contributed by atoms with van der Waals surface area (Å²) in [5.41, 5.74) is 0.256. The van der Waals surface area contributed by atoms with Crippen molar-refractivity contribution in [3.63, 3.8) is 0 Å². The second-order valence-electron chi connectivity index (χ2n) is 5.63. The minimum absolute atomic E-state index is 0.474. The van der Waals surface area contributed by atoms with Crippen LogP contribution in [0.5, 0.6) is 0 Å². The van der Waals surface area contributed by atoms with Gasteiger partial charge in [-0.25, -0.2) is 0 Å². The van der Waals surface area contributed by atoms with Gasteiger partial charge < -0.3 is 4.79 Å². The van der Waals surface area contributed by atoms with E-state index in [0.717, 1.165) is 24.0 Å². The van der Waals surface area contributed by atoms with Crippen LogP contribution < -0.4 is 0 Å². The van der Waals surface area contributed by atoms with Crippen LogP contribution in [0.2, 0.25) is 0 Å². The van der Waals surface area contributed by atoms with Crippen molar-refractivity contribution < 1.29 is 18.0 Å². The lowest BCUT2D eigenvalue weighted by Crippen LogP contribution is -2.22. The SMILES string of the molecule is C[C@](C=O)(C/C=C\c1ccc(C(F)(F)F)cc1)c1ccccc1. The fourth-order valence-electron chi connectivity index (χ4n) is 2.28. The van der Waals surface area contributed by atoms with Crippen molar-refractivity contribution in [1.29, 1.82) is 0 Å². The number of hydrogen-bond donors (Lipinski definition) is 0. The molecular weight excluding hydrogens is 301 g/mol. The molecule has 0 N–H and O–H groups in total. The number of rotatable bonds is 5. The van der Waals surface area contributed by atoms with E-state index in [1.54, 1.807) is 6.08 Å². The third kappa shape index (κ3) is 4.31. The van der Waals surface area contributed by atoms with E-state index in [4.69, 9.17) is 0 Å². The lowest BCUT2D eigenvalue weighted by Gasteiger charge is -2.21. The Hall–Kier alpha value is -2.36. The Morgan fingerprint density at radius 1 is 0.913 bits per heavy atom. The summed E-state index contributed by atoms with van der Waals surface area (Å²) in [6, 6.07) is 14.3. The predicted molar refractivity (Wildman–Crippen MR) is 85.0 cm³/mol. The van der Waals surface area contributed by atoms with Gasteiger partial charge in [-0.15, -0.1) is 0 Å². The predicted octanol–water partition coefficient (Wildman–Crippen LogP) is 5.27. The van der Waals surface area contributed by atoms with Crippen LogP contribution in [0.3, 0.4) is 0 Å². The molecule has 23 heavy (non-hydrogen) atoms. The van der Waals surface area contributed by atoms with Crippen molar-refractivity contribution in [3.05, 3.63) is 77.4 Å². The van der Waals surface area contributed by atoms with Crippen LogP contribution in [-0.2, 0) is 16.4 Å². The molecule has 4 heteroatoms. The van der Waals surface area contributed by atoms with Crippen molar-refractivity contribution in [2.45, 2.75) is 24.9 Å². The Morgan fingerprint density at radius 3 is 2.04 bits per heavy atom. The molecule has 120 valence electrons. The van der Waals surface area contributed by atoms with Gasteiger partial charge in [-0.05, 0) is 36.6 Å². The van der Waals surface area contributed by atoms with Gasteiger partial charge in [0.15, 0.2) is 0 Å². The standard InChI is InChI=1S/C19H17F3O/c1-18(14-23,16-7-3-2-4-8-16)13-5-6-15-9-11-17(12-10-15)19(20,21)22/h2-12,14H,13H2,1H3/b6-5-/t18-/m1/s1. The summed E-state index contributed by atoms with van der Waals surface area (Å²) >= 11 is 0. The van der Waals surface area contributed by atoms with Crippen LogP contribution in [0.15, 0.2) is 60.7 Å². The average Bonchev–Trinajstić information content (AvgIpc) is 2.55. The first-order valence-electron chi connectivity index (χ1n) is 7.21. The molecule has 0 fully saturated rings. The van der Waals surface area contributed by atoms with Crippen LogP contribution >= 0.6 is 0 Å². The van der Waals surface area contributed by atoms with Crippen molar-refractivity contribution in [2.75, 3.05) is 0 Å². The minimum atomic E-state index is -4.33. The maximum absolute atomic E-state index is 12.5. The summed E-state index contributed by atoms with van der Waals surface area (Å²) in [6.45, 7) is 1.84. The highest BCUT2D eigenvalue weighted by Crippen LogP contribution is 2.29. The van der Waals surface area contributed by atoms with E-state index in [2.05, 4.69) is 0 Å². The zero-order valence-corrected chi connectivity index (χ0v) is 12.7. The van der Waals surface area contributed by atoms with Crippen molar-refractivity contribution in [3.8, 4) is 0 Å². The lowest BCUT2D eigenvalue weighted by atomic mass is 9.81. The molecule has 0 aliphatic rings. The van der Waals surface area contributed by atoms with Gasteiger partial charge in [-0.3, -0.25) is 0 Å². The van der Waals surface area contributed by atoms with Crippen LogP contribution in [0, 0.1) is 0 Å². The molecular formula is C19H17F3O. The molecule has 0 amide bonds. The first kappa shape index (κ1) is 17.0. The first-order valence-corrected chi connectivity index (χ1v) is 7.21. The fourth-order valence-corrected chi connectivity index (χ4v) is 2.28. The van der Waals surface area contributed by atoms with Gasteiger partial charge in [0.1, 0.15) is 6.29 Å². The van der Waals surface area contributed by atoms with Crippen LogP contribution in [0.1, 0.15) is 30.0 Å². The van der Waals surface area contributed by atoms with E-state index >= 15 is 0 Å². The third-order valence-corrected chi connectivity index (χ3v) is 3.78. The highest BCUT2D eigenvalue weighted by Gasteiger charge is 2.29. The van der Waals surface area contributed by atoms with Gasteiger partial charge in [0, 0.05) is 0 Å². The highest BCUT2D eigenvalue weighted by molar-refractivity contribution is 5.68. The molecule has 0 aliphatic heterocycles. The number of allylic oxidation sites excluding steroid dienone is 1. The molecule has 0 unspecified atom stereocenters. The van der Waals surface area contributed by atoms with E-state index in [1.165, 1.54) is 12.1 Å². The molecule has 0 aliphatic carbocycles. The lowest BCUT2D eigenvalue weighted by molar-refractivity contribution is -0.137. The molecule has 0 saturated carbocycles. The summed E-state index contributed by atoms with van der Waals surface area (Å²) in [5.74, 6) is 0. The van der Waals surface area contributed by atoms with Crippen molar-refractivity contribution in [2.24, 2.45) is 0 Å². The normalized spacial score (nSPS) is 14.6. The Morgan fingerprint density at radius 2 is 1.52 bits per heavy atom. The van der Waals surface area contributed by atoms with E-state index in [9.17, 15) is 18.0 Å². The Bertz CT molecular complexity index is 672. The molecule has 2 rings (SSSR count). The molecule has 2 aromatic rings. The second-order valence-corrected chi connectivity index (χ2v) is 5.63. The number of benzene rings is 2. The smallest absolute Gasteiger partial charge is 0.302 e. The second kappa shape index (κ2) is 6.82. The molecule has 0 spiro atoms. The van der Waals surface area contributed by atoms with Gasteiger partial charge in [0.2, 0.25) is 0 Å². The van der Waals surface area contributed by atoms with Crippen LogP contribution in [-0.4, -0.2) is 6.29 Å². The number of hydrogen-bond acceptors (Lipinski definition) is 1. The molecule has 0 radical (unpaired) electrons. The third-order valence-electron chi connectivity index (χ3n) is 3.78. The number of carbonyl (C=O) groups is 1. The number of halogens is 3. The zero-order chi connectivity index (χ0) is 16.9. The quantitative estimate of drug-likeness (QED) is 0.687. The average molecular weight is 318 g/mol. The maximum atomic E-state index is 12.5. The summed E-state index contributed by atoms with van der Waals surface area (Å²) in [5, 5.41) is 0. The van der Waals surface area contributed by atoms with E-state index in [-0.39, 0.29) is 0 Å². The fraction of sp³-hybridized carbons (Fsp3) is 0.211. The Labute approximate surface area is 133 Å². The van der Waals surface area contributed by atoms with Gasteiger partial charge in [0.25, 0.3) is 0 Å². The number of carbonyl (C=O) groups excluding carboxylic acids is 1. The summed E-state index contributed by atoms with van der Waals surface area (Å²) in [6.07, 6.45) is 0.585. The molecule has 0 heterocycles. The first-order chi connectivity index (χ1) is 10.8. The molecule has 0 saturated heterocycles. The van der Waals surface area contributed by atoms with E-state index < -0.39 is 17.2 Å². The largest absolute Gasteiger partial charge is 0.416 e. The van der Waals surface area contributed by atoms with Crippen molar-refractivity contribution >= 4 is 12.4 Å². The van der Waals surface area contributed by atoms with Gasteiger partial charge in [-0.1, -0.05) is 54.6 Å². The molecule has 1 atom stereocenters. The summed E-state index contributed by atoms with van der Waals surface area (Å²) in [7, 11) is 0. The van der Waals surface area contributed by atoms with E-state index in [1.807, 2.05) is 43.3 Å². The highest BCUT2D eigenvalue weighted by atomic mass is 19.4. The topological polar surface area (TPSA) is 17.1 Å². The monoisotopic (exact) mass is 318 g/mol. The number of aldehydes is 1. The van der Waals surface area contributed by atoms with Gasteiger partial charge in [0.05, 0.1) is 11.0 Å². The van der Waals surface area contributed by atoms with Gasteiger partial charge in [-0.2, -0.15) is 13.2 Å². The molecule has 0 bridgehead atoms. The Balaban J connectivity index is 2.10. The zero-order valence-electron chi connectivity index (χ0n) is 12.7. The van der Waals surface area contributed by atoms with E-state index in [0.29, 0.717) is 12.0 Å². The van der Waals surface area contributed by atoms with Gasteiger partial charge >= 0.3 is 6.18 Å². The van der Waals surface area contributed by atoms with Crippen LogP contribution in [0.4, 0.5) is 13.2 Å². The summed E-state index contributed by atoms with van der Waals surface area (Å²) < 4.78 is 37.5. The Kier molecular flexibility index (Phi) is 5.04.